The van der Waals surface area contributed by atoms with Crippen LogP contribution in [0.1, 0.15) is 10.4 Å². The van der Waals surface area contributed by atoms with Gasteiger partial charge in [0.05, 0.1) is 4.90 Å². The second kappa shape index (κ2) is 8.87. The molecule has 4 rings (SSSR count). The van der Waals surface area contributed by atoms with Gasteiger partial charge in [-0.25, -0.2) is 12.8 Å². The van der Waals surface area contributed by atoms with Crippen molar-refractivity contribution >= 4 is 15.9 Å². The highest BCUT2D eigenvalue weighted by atomic mass is 32.2. The van der Waals surface area contributed by atoms with Crippen molar-refractivity contribution in [3.63, 3.8) is 0 Å². The fourth-order valence-corrected chi connectivity index (χ4v) is 4.78. The summed E-state index contributed by atoms with van der Waals surface area (Å²) >= 11 is 0. The zero-order chi connectivity index (χ0) is 21.8. The van der Waals surface area contributed by atoms with Gasteiger partial charge in [-0.2, -0.15) is 4.31 Å². The van der Waals surface area contributed by atoms with Crippen molar-refractivity contribution in [1.82, 2.24) is 9.21 Å². The van der Waals surface area contributed by atoms with Gasteiger partial charge in [-0.15, -0.1) is 0 Å². The Morgan fingerprint density at radius 1 is 0.774 bits per heavy atom. The molecule has 0 N–H and O–H groups in total. The minimum absolute atomic E-state index is 0.0441. The van der Waals surface area contributed by atoms with E-state index in [1.807, 2.05) is 30.3 Å². The summed E-state index contributed by atoms with van der Waals surface area (Å²) in [6.45, 7) is 0.921. The van der Waals surface area contributed by atoms with Crippen LogP contribution in [0, 0.1) is 5.82 Å². The highest BCUT2D eigenvalue weighted by molar-refractivity contribution is 7.89. The largest absolute Gasteiger partial charge is 0.457 e. The van der Waals surface area contributed by atoms with Crippen molar-refractivity contribution in [3.05, 3.63) is 90.2 Å². The summed E-state index contributed by atoms with van der Waals surface area (Å²) in [6.07, 6.45) is 0. The van der Waals surface area contributed by atoms with Gasteiger partial charge in [0.25, 0.3) is 5.91 Å². The molecule has 1 saturated heterocycles. The number of hydrogen-bond donors (Lipinski definition) is 0. The number of nitrogens with zero attached hydrogens (tertiary/aromatic N) is 2. The fraction of sp³-hybridized carbons (Fsp3) is 0.174. The molecule has 1 amide bonds. The maximum Gasteiger partial charge on any atom is 0.253 e. The molecule has 0 radical (unpaired) electrons. The first-order chi connectivity index (χ1) is 14.9. The first-order valence-corrected chi connectivity index (χ1v) is 11.3. The van der Waals surface area contributed by atoms with E-state index < -0.39 is 15.8 Å². The minimum Gasteiger partial charge on any atom is -0.457 e. The van der Waals surface area contributed by atoms with E-state index >= 15 is 0 Å². The van der Waals surface area contributed by atoms with Gasteiger partial charge < -0.3 is 9.64 Å². The number of piperazine rings is 1. The number of benzene rings is 3. The molecule has 1 heterocycles. The van der Waals surface area contributed by atoms with E-state index in [-0.39, 0.29) is 37.0 Å². The zero-order valence-electron chi connectivity index (χ0n) is 16.6. The molecular formula is C23H21FN2O4S. The second-order valence-corrected chi connectivity index (χ2v) is 9.03. The van der Waals surface area contributed by atoms with E-state index in [0.717, 1.165) is 12.1 Å². The van der Waals surface area contributed by atoms with Crippen LogP contribution >= 0.6 is 0 Å². The number of para-hydroxylation sites is 1. The van der Waals surface area contributed by atoms with E-state index in [9.17, 15) is 17.6 Å². The highest BCUT2D eigenvalue weighted by Gasteiger charge is 2.30. The van der Waals surface area contributed by atoms with Gasteiger partial charge in [0.2, 0.25) is 10.0 Å². The van der Waals surface area contributed by atoms with Crippen LogP contribution in [0.5, 0.6) is 11.5 Å². The maximum atomic E-state index is 13.1. The van der Waals surface area contributed by atoms with Crippen LogP contribution in [0.25, 0.3) is 0 Å². The van der Waals surface area contributed by atoms with Gasteiger partial charge >= 0.3 is 0 Å². The Kier molecular flexibility index (Phi) is 6.01. The Hall–Kier alpha value is -3.23. The molecule has 0 unspecified atom stereocenters. The van der Waals surface area contributed by atoms with E-state index in [4.69, 9.17) is 4.74 Å². The molecule has 1 fully saturated rings. The summed E-state index contributed by atoms with van der Waals surface area (Å²) < 4.78 is 45.6. The molecule has 1 aliphatic heterocycles. The first-order valence-electron chi connectivity index (χ1n) is 9.81. The predicted molar refractivity (Wildman–Crippen MR) is 114 cm³/mol. The SMILES string of the molecule is O=C(c1ccc(Oc2ccccc2)cc1)N1CCN(S(=O)(=O)c2ccc(F)cc2)CC1. The number of ether oxygens (including phenoxy) is 1. The van der Waals surface area contributed by atoms with Crippen LogP contribution in [0.2, 0.25) is 0 Å². The number of carbonyl (C=O) groups excluding carboxylic acids is 1. The lowest BCUT2D eigenvalue weighted by Crippen LogP contribution is -2.50. The van der Waals surface area contributed by atoms with Gasteiger partial charge in [-0.05, 0) is 60.7 Å². The lowest BCUT2D eigenvalue weighted by atomic mass is 10.2. The van der Waals surface area contributed by atoms with Crippen molar-refractivity contribution in [3.8, 4) is 11.5 Å². The van der Waals surface area contributed by atoms with Gasteiger partial charge in [0.15, 0.2) is 0 Å². The number of amides is 1. The van der Waals surface area contributed by atoms with E-state index in [2.05, 4.69) is 0 Å². The second-order valence-electron chi connectivity index (χ2n) is 7.09. The normalized spacial score (nSPS) is 14.9. The molecule has 0 saturated carbocycles. The number of sulfonamides is 1. The summed E-state index contributed by atoms with van der Waals surface area (Å²) in [5.74, 6) is 0.678. The molecule has 0 aromatic heterocycles. The minimum atomic E-state index is -3.72. The van der Waals surface area contributed by atoms with Crippen molar-refractivity contribution in [1.29, 1.82) is 0 Å². The molecule has 0 spiro atoms. The number of rotatable bonds is 5. The van der Waals surface area contributed by atoms with Gasteiger partial charge in [0, 0.05) is 31.7 Å². The molecule has 31 heavy (non-hydrogen) atoms. The predicted octanol–water partition coefficient (Wildman–Crippen LogP) is 3.76. The quantitative estimate of drug-likeness (QED) is 0.606. The molecule has 0 atom stereocenters. The van der Waals surface area contributed by atoms with Crippen molar-refractivity contribution in [2.24, 2.45) is 0 Å². The molecule has 160 valence electrons. The average molecular weight is 440 g/mol. The van der Waals surface area contributed by atoms with Crippen LogP contribution in [-0.2, 0) is 10.0 Å². The Balaban J connectivity index is 1.37. The van der Waals surface area contributed by atoms with E-state index in [1.165, 1.54) is 16.4 Å². The lowest BCUT2D eigenvalue weighted by molar-refractivity contribution is 0.0698. The number of halogens is 1. The van der Waals surface area contributed by atoms with Crippen molar-refractivity contribution in [2.45, 2.75) is 4.90 Å². The topological polar surface area (TPSA) is 66.9 Å². The van der Waals surface area contributed by atoms with Gasteiger partial charge in [-0.3, -0.25) is 4.79 Å². The molecule has 0 aliphatic carbocycles. The van der Waals surface area contributed by atoms with Crippen LogP contribution in [-0.4, -0.2) is 49.7 Å². The summed E-state index contributed by atoms with van der Waals surface area (Å²) in [5.41, 5.74) is 0.509. The molecule has 0 bridgehead atoms. The zero-order valence-corrected chi connectivity index (χ0v) is 17.5. The first kappa shape index (κ1) is 21.0. The average Bonchev–Trinajstić information content (AvgIpc) is 2.80. The smallest absolute Gasteiger partial charge is 0.253 e. The van der Waals surface area contributed by atoms with Crippen LogP contribution < -0.4 is 4.74 Å². The third kappa shape index (κ3) is 4.76. The molecule has 3 aromatic carbocycles. The summed E-state index contributed by atoms with van der Waals surface area (Å²) in [7, 11) is -3.72. The van der Waals surface area contributed by atoms with Crippen LogP contribution in [0.3, 0.4) is 0 Å². The fourth-order valence-electron chi connectivity index (χ4n) is 3.36. The third-order valence-corrected chi connectivity index (χ3v) is 6.97. The summed E-state index contributed by atoms with van der Waals surface area (Å²) in [6, 6.07) is 21.0. The molecule has 8 heteroatoms. The Bertz CT molecular complexity index is 1140. The molecule has 1 aliphatic rings. The van der Waals surface area contributed by atoms with Crippen LogP contribution in [0.4, 0.5) is 4.39 Å². The number of carbonyl (C=O) groups is 1. The summed E-state index contributed by atoms with van der Waals surface area (Å²) in [5, 5.41) is 0. The highest BCUT2D eigenvalue weighted by Crippen LogP contribution is 2.23. The van der Waals surface area contributed by atoms with Crippen molar-refractivity contribution in [2.75, 3.05) is 26.2 Å². The Morgan fingerprint density at radius 3 is 1.97 bits per heavy atom. The standard InChI is InChI=1S/C23H21FN2O4S/c24-19-8-12-22(13-9-19)31(28,29)26-16-14-25(15-17-26)23(27)18-6-10-21(11-7-18)30-20-4-2-1-3-5-20/h1-13H,14-17H2. The van der Waals surface area contributed by atoms with E-state index in [0.29, 0.717) is 17.1 Å². The van der Waals surface area contributed by atoms with Gasteiger partial charge in [0.1, 0.15) is 17.3 Å². The molecule has 6 nitrogen and oxygen atoms in total. The Labute approximate surface area is 180 Å². The van der Waals surface area contributed by atoms with Crippen LogP contribution in [0.15, 0.2) is 83.8 Å². The van der Waals surface area contributed by atoms with Gasteiger partial charge in [-0.1, -0.05) is 18.2 Å². The third-order valence-electron chi connectivity index (χ3n) is 5.06. The molecular weight excluding hydrogens is 419 g/mol. The maximum absolute atomic E-state index is 13.1. The lowest BCUT2D eigenvalue weighted by Gasteiger charge is -2.34. The number of hydrogen-bond acceptors (Lipinski definition) is 4. The van der Waals surface area contributed by atoms with Crippen molar-refractivity contribution < 1.29 is 22.3 Å². The Morgan fingerprint density at radius 2 is 1.35 bits per heavy atom. The monoisotopic (exact) mass is 440 g/mol. The van der Waals surface area contributed by atoms with E-state index in [1.54, 1.807) is 29.2 Å². The summed E-state index contributed by atoms with van der Waals surface area (Å²) in [4.78, 5) is 14.5. The molecule has 3 aromatic rings.